The van der Waals surface area contributed by atoms with E-state index in [2.05, 4.69) is 0 Å². The molecule has 0 bridgehead atoms. The second-order valence-corrected chi connectivity index (χ2v) is 3.78. The second kappa shape index (κ2) is 4.15. The standard InChI is InChI=1S/C6H8O6S/c1-4(6(8)9)2-5(7)3-13(10,11)12/h2H,3H2,1H3,(H,8,9)(H,10,11,12). The molecule has 0 radical (unpaired) electrons. The van der Waals surface area contributed by atoms with Gasteiger partial charge in [0.25, 0.3) is 10.1 Å². The van der Waals surface area contributed by atoms with Gasteiger partial charge < -0.3 is 5.11 Å². The first-order valence-corrected chi connectivity index (χ1v) is 4.73. The quantitative estimate of drug-likeness (QED) is 0.475. The Hall–Kier alpha value is -1.21. The van der Waals surface area contributed by atoms with E-state index in [1.807, 2.05) is 0 Å². The third-order valence-electron chi connectivity index (χ3n) is 1.04. The third kappa shape index (κ3) is 6.00. The van der Waals surface area contributed by atoms with Crippen molar-refractivity contribution in [2.24, 2.45) is 0 Å². The van der Waals surface area contributed by atoms with Crippen LogP contribution in [0.4, 0.5) is 0 Å². The number of carboxylic acids is 1. The Morgan fingerprint density at radius 2 is 1.85 bits per heavy atom. The van der Waals surface area contributed by atoms with Crippen LogP contribution in [0.1, 0.15) is 6.92 Å². The van der Waals surface area contributed by atoms with Gasteiger partial charge in [0.1, 0.15) is 5.75 Å². The number of allylic oxidation sites excluding steroid dienone is 1. The minimum absolute atomic E-state index is 0.284. The van der Waals surface area contributed by atoms with Crippen molar-refractivity contribution in [1.82, 2.24) is 0 Å². The fraction of sp³-hybridized carbons (Fsp3) is 0.333. The van der Waals surface area contributed by atoms with Gasteiger partial charge in [0.15, 0.2) is 5.78 Å². The van der Waals surface area contributed by atoms with E-state index in [9.17, 15) is 18.0 Å². The molecule has 7 heteroatoms. The predicted octanol–water partition coefficient (Wildman–Crippen LogP) is -0.526. The molecule has 0 rings (SSSR count). The fourth-order valence-corrected chi connectivity index (χ4v) is 0.968. The average molecular weight is 208 g/mol. The molecule has 0 saturated heterocycles. The normalized spacial score (nSPS) is 12.6. The minimum atomic E-state index is -4.38. The Bertz CT molecular complexity index is 349. The Kier molecular flexibility index (Phi) is 3.76. The van der Waals surface area contributed by atoms with E-state index in [4.69, 9.17) is 9.66 Å². The van der Waals surface area contributed by atoms with E-state index < -0.39 is 27.6 Å². The molecule has 0 unspecified atom stereocenters. The summed E-state index contributed by atoms with van der Waals surface area (Å²) in [6, 6.07) is 0. The van der Waals surface area contributed by atoms with Gasteiger partial charge >= 0.3 is 5.97 Å². The number of aliphatic carboxylic acids is 1. The Labute approximate surface area is 74.6 Å². The summed E-state index contributed by atoms with van der Waals surface area (Å²) in [7, 11) is -4.38. The number of hydrogen-bond acceptors (Lipinski definition) is 4. The summed E-state index contributed by atoms with van der Waals surface area (Å²) in [5, 5.41) is 8.30. The zero-order valence-electron chi connectivity index (χ0n) is 6.72. The van der Waals surface area contributed by atoms with Crippen molar-refractivity contribution in [3.63, 3.8) is 0 Å². The molecule has 2 N–H and O–H groups in total. The second-order valence-electron chi connectivity index (χ2n) is 2.33. The van der Waals surface area contributed by atoms with Crippen LogP contribution < -0.4 is 0 Å². The van der Waals surface area contributed by atoms with Crippen LogP contribution in [0.3, 0.4) is 0 Å². The molecule has 0 aromatic carbocycles. The molecule has 0 fully saturated rings. The molecule has 74 valence electrons. The summed E-state index contributed by atoms with van der Waals surface area (Å²) in [6.45, 7) is 1.14. The lowest BCUT2D eigenvalue weighted by Gasteiger charge is -1.93. The summed E-state index contributed by atoms with van der Waals surface area (Å²) < 4.78 is 28.5. The van der Waals surface area contributed by atoms with Crippen LogP contribution in [0.15, 0.2) is 11.6 Å². The molecular weight excluding hydrogens is 200 g/mol. The molecule has 0 heterocycles. The number of carbonyl (C=O) groups excluding carboxylic acids is 1. The van der Waals surface area contributed by atoms with Gasteiger partial charge in [-0.3, -0.25) is 9.35 Å². The van der Waals surface area contributed by atoms with E-state index in [1.165, 1.54) is 0 Å². The van der Waals surface area contributed by atoms with Crippen molar-refractivity contribution in [3.8, 4) is 0 Å². The number of carboxylic acid groups (broad SMARTS) is 1. The first kappa shape index (κ1) is 11.8. The predicted molar refractivity (Wildman–Crippen MR) is 42.8 cm³/mol. The number of carbonyl (C=O) groups is 2. The zero-order chi connectivity index (χ0) is 10.6. The van der Waals surface area contributed by atoms with E-state index in [-0.39, 0.29) is 5.57 Å². The molecular formula is C6H8O6S. The Morgan fingerprint density at radius 1 is 1.38 bits per heavy atom. The summed E-state index contributed by atoms with van der Waals surface area (Å²) in [6.07, 6.45) is 0.649. The molecule has 0 aromatic rings. The van der Waals surface area contributed by atoms with Crippen molar-refractivity contribution in [3.05, 3.63) is 11.6 Å². The molecule has 0 spiro atoms. The molecule has 0 amide bonds. The smallest absolute Gasteiger partial charge is 0.331 e. The Morgan fingerprint density at radius 3 is 2.15 bits per heavy atom. The van der Waals surface area contributed by atoms with E-state index >= 15 is 0 Å². The summed E-state index contributed by atoms with van der Waals surface area (Å²) in [5.74, 6) is -3.39. The van der Waals surface area contributed by atoms with Crippen LogP contribution >= 0.6 is 0 Å². The molecule has 0 aliphatic heterocycles. The van der Waals surface area contributed by atoms with Crippen molar-refractivity contribution < 1.29 is 27.7 Å². The monoisotopic (exact) mass is 208 g/mol. The lowest BCUT2D eigenvalue weighted by atomic mass is 10.2. The first-order chi connectivity index (χ1) is 5.72. The van der Waals surface area contributed by atoms with Gasteiger partial charge in [0.05, 0.1) is 0 Å². The summed E-state index contributed by atoms with van der Waals surface area (Å²) in [5.41, 5.74) is -0.284. The third-order valence-corrected chi connectivity index (χ3v) is 1.69. The highest BCUT2D eigenvalue weighted by atomic mass is 32.2. The highest BCUT2D eigenvalue weighted by Gasteiger charge is 2.12. The Balaban J connectivity index is 4.50. The molecule has 13 heavy (non-hydrogen) atoms. The van der Waals surface area contributed by atoms with Crippen molar-refractivity contribution >= 4 is 21.9 Å². The van der Waals surface area contributed by atoms with Crippen molar-refractivity contribution in [2.75, 3.05) is 5.75 Å². The van der Waals surface area contributed by atoms with Crippen LogP contribution in [0, 0.1) is 0 Å². The van der Waals surface area contributed by atoms with Crippen molar-refractivity contribution in [2.45, 2.75) is 6.92 Å². The minimum Gasteiger partial charge on any atom is -0.478 e. The van der Waals surface area contributed by atoms with Gasteiger partial charge in [-0.2, -0.15) is 8.42 Å². The topological polar surface area (TPSA) is 109 Å². The summed E-state index contributed by atoms with van der Waals surface area (Å²) in [4.78, 5) is 20.9. The van der Waals surface area contributed by atoms with Gasteiger partial charge in [-0.1, -0.05) is 0 Å². The summed E-state index contributed by atoms with van der Waals surface area (Å²) >= 11 is 0. The maximum absolute atomic E-state index is 10.7. The van der Waals surface area contributed by atoms with E-state index in [1.54, 1.807) is 0 Å². The van der Waals surface area contributed by atoms with Gasteiger partial charge in [-0.25, -0.2) is 4.79 Å². The van der Waals surface area contributed by atoms with Crippen LogP contribution in [-0.4, -0.2) is 35.6 Å². The maximum Gasteiger partial charge on any atom is 0.331 e. The van der Waals surface area contributed by atoms with Gasteiger partial charge in [0, 0.05) is 5.57 Å². The number of hydrogen-bond donors (Lipinski definition) is 2. The molecule has 6 nitrogen and oxygen atoms in total. The average Bonchev–Trinajstić information content (AvgIpc) is 1.81. The molecule has 0 aromatic heterocycles. The number of ketones is 1. The van der Waals surface area contributed by atoms with Crippen LogP contribution in [0.5, 0.6) is 0 Å². The van der Waals surface area contributed by atoms with Crippen LogP contribution in [0.2, 0.25) is 0 Å². The highest BCUT2D eigenvalue weighted by Crippen LogP contribution is 1.94. The van der Waals surface area contributed by atoms with Gasteiger partial charge in [-0.15, -0.1) is 0 Å². The lowest BCUT2D eigenvalue weighted by Crippen LogP contribution is -2.13. The molecule has 0 aliphatic rings. The van der Waals surface area contributed by atoms with Crippen LogP contribution in [-0.2, 0) is 19.7 Å². The van der Waals surface area contributed by atoms with Crippen molar-refractivity contribution in [1.29, 1.82) is 0 Å². The fourth-order valence-electron chi connectivity index (χ4n) is 0.525. The molecule has 0 atom stereocenters. The number of rotatable bonds is 4. The SMILES string of the molecule is CC(=CC(=O)CS(=O)(=O)O)C(=O)O. The molecule has 0 aliphatic carbocycles. The van der Waals surface area contributed by atoms with E-state index in [0.717, 1.165) is 6.92 Å². The van der Waals surface area contributed by atoms with Gasteiger partial charge in [-0.05, 0) is 13.0 Å². The van der Waals surface area contributed by atoms with Gasteiger partial charge in [0.2, 0.25) is 0 Å². The van der Waals surface area contributed by atoms with Crippen LogP contribution in [0.25, 0.3) is 0 Å². The highest BCUT2D eigenvalue weighted by molar-refractivity contribution is 7.86. The molecule has 0 saturated carbocycles. The maximum atomic E-state index is 10.7. The zero-order valence-corrected chi connectivity index (χ0v) is 7.54. The van der Waals surface area contributed by atoms with E-state index in [0.29, 0.717) is 6.08 Å². The first-order valence-electron chi connectivity index (χ1n) is 3.12. The lowest BCUT2D eigenvalue weighted by molar-refractivity contribution is -0.132. The largest absolute Gasteiger partial charge is 0.478 e.